The Balaban J connectivity index is 1.21. The van der Waals surface area contributed by atoms with Crippen molar-refractivity contribution in [2.75, 3.05) is 236 Å². The molecule has 500 valence electrons. The highest BCUT2D eigenvalue weighted by Crippen LogP contribution is 2.50. The van der Waals surface area contributed by atoms with Crippen LogP contribution in [0.1, 0.15) is 57.1 Å². The van der Waals surface area contributed by atoms with Gasteiger partial charge in [-0.05, 0) is 54.7 Å². The molecule has 2 unspecified atom stereocenters. The molecule has 2 aromatic carbocycles. The van der Waals surface area contributed by atoms with Crippen LogP contribution in [0.25, 0.3) is 0 Å². The maximum Gasteiger partial charge on any atom is 0.335 e. The van der Waals surface area contributed by atoms with Gasteiger partial charge in [-0.25, -0.2) is 4.79 Å². The lowest BCUT2D eigenvalue weighted by Gasteiger charge is -2.41. The summed E-state index contributed by atoms with van der Waals surface area (Å²) in [5, 5.41) is 0.529. The molecular formula is C66H101N3O20. The van der Waals surface area contributed by atoms with Gasteiger partial charge in [0, 0.05) is 94.6 Å². The second-order valence-corrected chi connectivity index (χ2v) is 21.2. The molecule has 0 radical (unpaired) electrons. The first-order chi connectivity index (χ1) is 43.7. The molecule has 0 saturated carbocycles. The van der Waals surface area contributed by atoms with Crippen molar-refractivity contribution in [1.29, 1.82) is 0 Å². The number of imide groups is 1. The zero-order valence-corrected chi connectivity index (χ0v) is 53.5. The van der Waals surface area contributed by atoms with Crippen LogP contribution < -0.4 is 9.80 Å². The smallest absolute Gasteiger partial charge is 0.335 e. The van der Waals surface area contributed by atoms with Gasteiger partial charge in [0.05, 0.1) is 185 Å². The molecule has 0 N–H and O–H groups in total. The van der Waals surface area contributed by atoms with Gasteiger partial charge in [0.1, 0.15) is 0 Å². The quantitative estimate of drug-likeness (QED) is 0.0400. The fourth-order valence-electron chi connectivity index (χ4n) is 9.95. The first-order valence-corrected chi connectivity index (χ1v) is 31.2. The number of carbonyl (C=O) groups excluding carboxylic acids is 3. The van der Waals surface area contributed by atoms with Crippen LogP contribution in [0.5, 0.6) is 0 Å². The molecule has 3 heterocycles. The zero-order chi connectivity index (χ0) is 63.3. The molecule has 1 fully saturated rings. The second-order valence-electron chi connectivity index (χ2n) is 21.2. The first-order valence-electron chi connectivity index (χ1n) is 31.2. The third-order valence-corrected chi connectivity index (χ3v) is 14.9. The molecular weight excluding hydrogens is 1150 g/mol. The Morgan fingerprint density at radius 2 is 0.820 bits per heavy atom. The van der Waals surface area contributed by atoms with Crippen LogP contribution >= 0.6 is 0 Å². The fraction of sp³-hybridized carbons (Fsp3) is 0.652. The van der Waals surface area contributed by atoms with Gasteiger partial charge in [0.15, 0.2) is 0 Å². The van der Waals surface area contributed by atoms with E-state index in [0.29, 0.717) is 197 Å². The highest BCUT2D eigenvalue weighted by Gasteiger charge is 2.43. The maximum atomic E-state index is 12.0. The van der Waals surface area contributed by atoms with Gasteiger partial charge in [-0.1, -0.05) is 67.6 Å². The fourth-order valence-corrected chi connectivity index (χ4v) is 9.95. The zero-order valence-electron chi connectivity index (χ0n) is 53.5. The summed E-state index contributed by atoms with van der Waals surface area (Å²) in [5.41, 5.74) is 6.20. The number of fused-ring (bicyclic) bond motifs is 2. The molecule has 0 spiro atoms. The van der Waals surface area contributed by atoms with Crippen LogP contribution in [0.2, 0.25) is 0 Å². The van der Waals surface area contributed by atoms with E-state index in [1.165, 1.54) is 11.1 Å². The lowest BCUT2D eigenvalue weighted by atomic mass is 9.71. The minimum atomic E-state index is -0.710. The summed E-state index contributed by atoms with van der Waals surface area (Å²) in [6.45, 7) is 19.1. The van der Waals surface area contributed by atoms with Gasteiger partial charge in [-0.15, -0.1) is 5.06 Å². The lowest BCUT2D eigenvalue weighted by Crippen LogP contribution is -2.36. The summed E-state index contributed by atoms with van der Waals surface area (Å²) in [6.07, 6.45) is 14.5. The molecule has 23 heteroatoms. The minimum absolute atomic E-state index is 0.0417. The van der Waals surface area contributed by atoms with Crippen LogP contribution in [0.15, 0.2) is 96.4 Å². The predicted octanol–water partition coefficient (Wildman–Crippen LogP) is 6.35. The number of hydroxylamine groups is 2. The van der Waals surface area contributed by atoms with Crippen molar-refractivity contribution in [3.8, 4) is 0 Å². The van der Waals surface area contributed by atoms with Crippen LogP contribution in [0, 0.1) is 0 Å². The van der Waals surface area contributed by atoms with E-state index in [4.69, 9.17) is 80.6 Å². The number of nitrogens with zero attached hydrogens (tertiary/aromatic N) is 3. The van der Waals surface area contributed by atoms with Crippen molar-refractivity contribution in [2.45, 2.75) is 56.8 Å². The van der Waals surface area contributed by atoms with E-state index in [-0.39, 0.29) is 43.3 Å². The normalized spacial score (nSPS) is 18.0. The number of methoxy groups -OCH3 is 3. The van der Waals surface area contributed by atoms with Crippen LogP contribution in [-0.2, 0) is 106 Å². The molecule has 0 aromatic heterocycles. The Morgan fingerprint density at radius 3 is 1.29 bits per heavy atom. The van der Waals surface area contributed by atoms with Crippen molar-refractivity contribution in [1.82, 2.24) is 5.06 Å². The Hall–Kier alpha value is -5.03. The van der Waals surface area contributed by atoms with Crippen molar-refractivity contribution < 1.29 is 95.0 Å². The molecule has 3 aliphatic heterocycles. The van der Waals surface area contributed by atoms with Gasteiger partial charge in [-0.3, -0.25) is 9.59 Å². The van der Waals surface area contributed by atoms with Crippen molar-refractivity contribution >= 4 is 29.2 Å². The predicted molar refractivity (Wildman–Crippen MR) is 334 cm³/mol. The molecule has 1 saturated heterocycles. The lowest BCUT2D eigenvalue weighted by molar-refractivity contribution is -0.198. The number of hydrogen-bond acceptors (Lipinski definition) is 22. The van der Waals surface area contributed by atoms with Crippen LogP contribution in [0.4, 0.5) is 11.4 Å². The average Bonchev–Trinajstić information content (AvgIpc) is 1.83. The van der Waals surface area contributed by atoms with E-state index >= 15 is 0 Å². The highest BCUT2D eigenvalue weighted by molar-refractivity contribution is 6.01. The van der Waals surface area contributed by atoms with Crippen molar-refractivity contribution in [3.63, 3.8) is 0 Å². The Morgan fingerprint density at radius 1 is 0.438 bits per heavy atom. The van der Waals surface area contributed by atoms with Crippen molar-refractivity contribution in [2.24, 2.45) is 0 Å². The number of benzene rings is 2. The topological polar surface area (TPSA) is 218 Å². The standard InChI is InChI=1S/C66H101N3O20/c1-65(22-27-77-38-43-85-50-47-81-34-31-73-3)56(55-67(59-16-11-9-14-57(59)65)24-29-79-40-45-87-52-49-83-36-33-75-5)13-7-6-8-18-61-66(2,23-28-78-39-44-86-51-48-82-35-32-74-4)58-15-10-12-17-60(58)68(61)25-30-80-41-46-88-54-53-84-42-37-76-26-21-64(72)89-69-62(70)19-20-63(69)71/h6-18,55H,19-54H2,1-5H3/b8-6+,13-7+,61-18+. The van der Waals surface area contributed by atoms with Gasteiger partial charge in [0.25, 0.3) is 11.8 Å². The van der Waals surface area contributed by atoms with E-state index in [0.717, 1.165) is 35.5 Å². The van der Waals surface area contributed by atoms with Gasteiger partial charge >= 0.3 is 5.97 Å². The summed E-state index contributed by atoms with van der Waals surface area (Å²) in [7, 11) is 4.96. The third kappa shape index (κ3) is 27.8. The summed E-state index contributed by atoms with van der Waals surface area (Å²) in [4.78, 5) is 44.8. The number of ether oxygens (including phenoxy) is 16. The largest absolute Gasteiger partial charge is 0.382 e. The van der Waals surface area contributed by atoms with Gasteiger partial charge in [-0.2, -0.15) is 0 Å². The number of hydrogen-bond donors (Lipinski definition) is 0. The van der Waals surface area contributed by atoms with Gasteiger partial charge < -0.3 is 90.4 Å². The van der Waals surface area contributed by atoms with E-state index in [1.807, 2.05) is 0 Å². The molecule has 2 aromatic rings. The summed E-state index contributed by atoms with van der Waals surface area (Å²) in [6, 6.07) is 17.1. The monoisotopic (exact) mass is 1260 g/mol. The number of anilines is 2. The number of amides is 2. The van der Waals surface area contributed by atoms with E-state index < -0.39 is 17.8 Å². The summed E-state index contributed by atoms with van der Waals surface area (Å²) in [5.74, 6) is -1.75. The number of para-hydroxylation sites is 2. The number of allylic oxidation sites excluding steroid dienone is 7. The van der Waals surface area contributed by atoms with E-state index in [1.54, 1.807) is 21.3 Å². The van der Waals surface area contributed by atoms with Crippen LogP contribution in [-0.4, -0.2) is 249 Å². The van der Waals surface area contributed by atoms with E-state index in [9.17, 15) is 14.4 Å². The molecule has 5 rings (SSSR count). The molecule has 2 atom stereocenters. The van der Waals surface area contributed by atoms with Crippen molar-refractivity contribution in [3.05, 3.63) is 108 Å². The third-order valence-electron chi connectivity index (χ3n) is 14.9. The Kier molecular flexibility index (Phi) is 38.7. The highest BCUT2D eigenvalue weighted by atomic mass is 16.7. The Bertz CT molecular complexity index is 2380. The molecule has 2 amide bonds. The van der Waals surface area contributed by atoms with Gasteiger partial charge in [0.2, 0.25) is 0 Å². The maximum absolute atomic E-state index is 12.0. The second kappa shape index (κ2) is 46.1. The average molecular weight is 1260 g/mol. The molecule has 0 bridgehead atoms. The number of rotatable bonds is 55. The Labute approximate surface area is 527 Å². The molecule has 3 aliphatic rings. The molecule has 23 nitrogen and oxygen atoms in total. The van der Waals surface area contributed by atoms with E-state index in [2.05, 4.69) is 109 Å². The molecule has 89 heavy (non-hydrogen) atoms. The summed E-state index contributed by atoms with van der Waals surface area (Å²) >= 11 is 0. The molecule has 0 aliphatic carbocycles. The summed E-state index contributed by atoms with van der Waals surface area (Å²) < 4.78 is 90.5. The first kappa shape index (κ1) is 74.7. The van der Waals surface area contributed by atoms with Crippen LogP contribution in [0.3, 0.4) is 0 Å². The SMILES string of the molecule is COCCOCCOCCOCCN1C=C(/C=C/C=C/C=C2/N(CCOCCOCCOCCOCCC(=O)ON3C(=O)CCC3=O)c3ccccc3C2(C)CCOCCOCCOCCOC)C(C)(CCOCCOCCOCCOC)c2ccccc21. The minimum Gasteiger partial charge on any atom is -0.382 e. The number of carbonyl (C=O) groups is 3.